The van der Waals surface area contributed by atoms with Crippen LogP contribution in [0.25, 0.3) is 0 Å². The number of aliphatic hydroxyl groups excluding tert-OH is 1. The minimum absolute atomic E-state index is 0.0561. The summed E-state index contributed by atoms with van der Waals surface area (Å²) in [6.45, 7) is 6.98. The number of benzene rings is 1. The lowest BCUT2D eigenvalue weighted by Gasteiger charge is -2.19. The molecule has 3 N–H and O–H groups in total. The topological polar surface area (TPSA) is 61.4 Å². The van der Waals surface area contributed by atoms with Crippen LogP contribution in [0.2, 0.25) is 0 Å². The van der Waals surface area contributed by atoms with Gasteiger partial charge in [-0.3, -0.25) is 4.79 Å². The summed E-state index contributed by atoms with van der Waals surface area (Å²) in [5, 5.41) is 15.1. The third-order valence-electron chi connectivity index (χ3n) is 3.82. The highest BCUT2D eigenvalue weighted by Crippen LogP contribution is 2.38. The number of carbonyl (C=O) groups is 1. The molecule has 1 aromatic carbocycles. The predicted octanol–water partition coefficient (Wildman–Crippen LogP) is 1.95. The predicted molar refractivity (Wildman–Crippen MR) is 76.2 cm³/mol. The summed E-state index contributed by atoms with van der Waals surface area (Å²) >= 11 is 0. The average Bonchev–Trinajstić information content (AvgIpc) is 2.60. The molecule has 0 fully saturated rings. The summed E-state index contributed by atoms with van der Waals surface area (Å²) in [5.74, 6) is 0.0561. The second-order valence-electron chi connectivity index (χ2n) is 5.64. The zero-order valence-corrected chi connectivity index (χ0v) is 11.8. The standard InChI is InChI=1S/C15H22N2O2/c1-10(16-7-4-8-18)11-5-6-13-12(9-11)15(2,3)14(19)17-13/h5-6,9-10,16,18H,4,7-8H2,1-3H3,(H,17,19). The van der Waals surface area contributed by atoms with Gasteiger partial charge in [0.25, 0.3) is 0 Å². The molecule has 2 rings (SSSR count). The van der Waals surface area contributed by atoms with Crippen LogP contribution in [0.15, 0.2) is 18.2 Å². The lowest BCUT2D eigenvalue weighted by Crippen LogP contribution is -2.27. The molecule has 4 heteroatoms. The molecule has 0 saturated heterocycles. The summed E-state index contributed by atoms with van der Waals surface area (Å²) in [5.41, 5.74) is 2.68. The van der Waals surface area contributed by atoms with Crippen LogP contribution in [-0.2, 0) is 10.2 Å². The number of anilines is 1. The van der Waals surface area contributed by atoms with Crippen LogP contribution in [0.3, 0.4) is 0 Å². The van der Waals surface area contributed by atoms with E-state index < -0.39 is 5.41 Å². The van der Waals surface area contributed by atoms with E-state index in [2.05, 4.69) is 23.6 Å². The fourth-order valence-corrected chi connectivity index (χ4v) is 2.37. The molecule has 0 saturated carbocycles. The summed E-state index contributed by atoms with van der Waals surface area (Å²) < 4.78 is 0. The van der Waals surface area contributed by atoms with Crippen molar-refractivity contribution in [3.8, 4) is 0 Å². The SMILES string of the molecule is CC(NCCCO)c1ccc2c(c1)C(C)(C)C(=O)N2. The normalized spacial score (nSPS) is 18.0. The molecule has 104 valence electrons. The fraction of sp³-hybridized carbons (Fsp3) is 0.533. The van der Waals surface area contributed by atoms with Gasteiger partial charge in [-0.25, -0.2) is 0 Å². The third-order valence-corrected chi connectivity index (χ3v) is 3.82. The van der Waals surface area contributed by atoms with E-state index >= 15 is 0 Å². The van der Waals surface area contributed by atoms with E-state index in [9.17, 15) is 4.79 Å². The van der Waals surface area contributed by atoms with Crippen LogP contribution in [0.4, 0.5) is 5.69 Å². The van der Waals surface area contributed by atoms with Gasteiger partial charge in [-0.15, -0.1) is 0 Å². The van der Waals surface area contributed by atoms with Gasteiger partial charge in [0.05, 0.1) is 5.41 Å². The van der Waals surface area contributed by atoms with Gasteiger partial charge in [0.2, 0.25) is 5.91 Å². The Kier molecular flexibility index (Phi) is 3.92. The minimum atomic E-state index is -0.462. The van der Waals surface area contributed by atoms with Crippen LogP contribution in [-0.4, -0.2) is 24.2 Å². The van der Waals surface area contributed by atoms with Crippen LogP contribution in [0, 0.1) is 0 Å². The summed E-state index contributed by atoms with van der Waals surface area (Å²) in [6, 6.07) is 6.33. The Bertz CT molecular complexity index is 483. The molecule has 0 aliphatic carbocycles. The molecular formula is C15H22N2O2. The van der Waals surface area contributed by atoms with E-state index in [0.29, 0.717) is 0 Å². The summed E-state index contributed by atoms with van der Waals surface area (Å²) in [6.07, 6.45) is 0.751. The van der Waals surface area contributed by atoms with E-state index in [1.165, 1.54) is 5.56 Å². The number of fused-ring (bicyclic) bond motifs is 1. The van der Waals surface area contributed by atoms with E-state index in [0.717, 1.165) is 24.2 Å². The quantitative estimate of drug-likeness (QED) is 0.711. The van der Waals surface area contributed by atoms with Crippen molar-refractivity contribution in [2.45, 2.75) is 38.6 Å². The molecule has 4 nitrogen and oxygen atoms in total. The lowest BCUT2D eigenvalue weighted by molar-refractivity contribution is -0.119. The Morgan fingerprint density at radius 1 is 1.42 bits per heavy atom. The van der Waals surface area contributed by atoms with E-state index in [-0.39, 0.29) is 18.6 Å². The van der Waals surface area contributed by atoms with E-state index in [1.807, 2.05) is 26.0 Å². The molecule has 0 bridgehead atoms. The minimum Gasteiger partial charge on any atom is -0.396 e. The van der Waals surface area contributed by atoms with Gasteiger partial charge in [0.1, 0.15) is 0 Å². The number of amides is 1. The van der Waals surface area contributed by atoms with Crippen molar-refractivity contribution in [2.24, 2.45) is 0 Å². The fourth-order valence-electron chi connectivity index (χ4n) is 2.37. The molecular weight excluding hydrogens is 240 g/mol. The maximum Gasteiger partial charge on any atom is 0.234 e. The third kappa shape index (κ3) is 2.65. The smallest absolute Gasteiger partial charge is 0.234 e. The number of nitrogens with one attached hydrogen (secondary N) is 2. The van der Waals surface area contributed by atoms with Gasteiger partial charge in [0, 0.05) is 18.3 Å². The molecule has 1 aliphatic rings. The van der Waals surface area contributed by atoms with Crippen LogP contribution < -0.4 is 10.6 Å². The first kappa shape index (κ1) is 14.0. The average molecular weight is 262 g/mol. The zero-order chi connectivity index (χ0) is 14.0. The molecule has 0 aromatic heterocycles. The lowest BCUT2D eigenvalue weighted by atomic mass is 9.85. The van der Waals surface area contributed by atoms with Gasteiger partial charge in [0.15, 0.2) is 0 Å². The zero-order valence-electron chi connectivity index (χ0n) is 11.8. The maximum absolute atomic E-state index is 11.9. The number of carbonyl (C=O) groups excluding carboxylic acids is 1. The monoisotopic (exact) mass is 262 g/mol. The highest BCUT2D eigenvalue weighted by atomic mass is 16.3. The molecule has 0 radical (unpaired) electrons. The first-order valence-corrected chi connectivity index (χ1v) is 6.77. The maximum atomic E-state index is 11.9. The Morgan fingerprint density at radius 2 is 2.16 bits per heavy atom. The number of aliphatic hydroxyl groups is 1. The molecule has 1 amide bonds. The van der Waals surface area contributed by atoms with Crippen molar-refractivity contribution in [1.82, 2.24) is 5.32 Å². The molecule has 1 atom stereocenters. The van der Waals surface area contributed by atoms with E-state index in [1.54, 1.807) is 0 Å². The largest absolute Gasteiger partial charge is 0.396 e. The van der Waals surface area contributed by atoms with Gasteiger partial charge in [-0.05, 0) is 50.9 Å². The van der Waals surface area contributed by atoms with Crippen molar-refractivity contribution in [3.63, 3.8) is 0 Å². The Balaban J connectivity index is 2.18. The van der Waals surface area contributed by atoms with E-state index in [4.69, 9.17) is 5.11 Å². The van der Waals surface area contributed by atoms with Gasteiger partial charge in [-0.1, -0.05) is 12.1 Å². The van der Waals surface area contributed by atoms with Crippen molar-refractivity contribution < 1.29 is 9.90 Å². The Hall–Kier alpha value is -1.39. The summed E-state index contributed by atoms with van der Waals surface area (Å²) in [7, 11) is 0. The van der Waals surface area contributed by atoms with Crippen LogP contribution in [0.5, 0.6) is 0 Å². The van der Waals surface area contributed by atoms with Crippen molar-refractivity contribution in [2.75, 3.05) is 18.5 Å². The summed E-state index contributed by atoms with van der Waals surface area (Å²) in [4.78, 5) is 11.9. The van der Waals surface area contributed by atoms with Crippen molar-refractivity contribution in [3.05, 3.63) is 29.3 Å². The first-order chi connectivity index (χ1) is 8.96. The first-order valence-electron chi connectivity index (χ1n) is 6.77. The molecule has 19 heavy (non-hydrogen) atoms. The Morgan fingerprint density at radius 3 is 2.84 bits per heavy atom. The van der Waals surface area contributed by atoms with Gasteiger partial charge >= 0.3 is 0 Å². The molecule has 1 unspecified atom stereocenters. The van der Waals surface area contributed by atoms with Crippen LogP contribution in [0.1, 0.15) is 44.4 Å². The molecule has 1 heterocycles. The molecule has 0 spiro atoms. The molecule has 1 aliphatic heterocycles. The number of rotatable bonds is 5. The second kappa shape index (κ2) is 5.31. The van der Waals surface area contributed by atoms with Gasteiger partial charge < -0.3 is 15.7 Å². The van der Waals surface area contributed by atoms with Crippen molar-refractivity contribution in [1.29, 1.82) is 0 Å². The highest BCUT2D eigenvalue weighted by Gasteiger charge is 2.38. The van der Waals surface area contributed by atoms with Crippen LogP contribution >= 0.6 is 0 Å². The Labute approximate surface area is 114 Å². The van der Waals surface area contributed by atoms with Crippen molar-refractivity contribution >= 4 is 11.6 Å². The van der Waals surface area contributed by atoms with Gasteiger partial charge in [-0.2, -0.15) is 0 Å². The number of hydrogen-bond acceptors (Lipinski definition) is 3. The highest BCUT2D eigenvalue weighted by molar-refractivity contribution is 6.05. The number of hydrogen-bond donors (Lipinski definition) is 3. The second-order valence-corrected chi connectivity index (χ2v) is 5.64. The molecule has 1 aromatic rings.